The lowest BCUT2D eigenvalue weighted by molar-refractivity contribution is -0.137. The minimum absolute atomic E-state index is 0.104. The molecule has 2 aromatic rings. The van der Waals surface area contributed by atoms with E-state index in [0.717, 1.165) is 10.5 Å². The fraction of sp³-hybridized carbons (Fsp3) is 0.250. The molecule has 0 aliphatic carbocycles. The van der Waals surface area contributed by atoms with Crippen LogP contribution in [0.3, 0.4) is 0 Å². The van der Waals surface area contributed by atoms with Crippen molar-refractivity contribution in [2.24, 2.45) is 0 Å². The van der Waals surface area contributed by atoms with Gasteiger partial charge in [0.25, 0.3) is 0 Å². The normalized spacial score (nSPS) is 11.4. The Balaban J connectivity index is 2.09. The lowest BCUT2D eigenvalue weighted by Crippen LogP contribution is -2.33. The van der Waals surface area contributed by atoms with Gasteiger partial charge in [-0.05, 0) is 36.2 Å². The van der Waals surface area contributed by atoms with Crippen molar-refractivity contribution in [2.45, 2.75) is 17.4 Å². The Morgan fingerprint density at radius 2 is 2.08 bits per heavy atom. The molecule has 1 aromatic heterocycles. The van der Waals surface area contributed by atoms with Crippen LogP contribution in [0.5, 0.6) is 5.88 Å². The summed E-state index contributed by atoms with van der Waals surface area (Å²) in [7, 11) is 1.50. The highest BCUT2D eigenvalue weighted by atomic mass is 32.2. The molecule has 0 saturated carbocycles. The molecule has 0 aliphatic rings. The van der Waals surface area contributed by atoms with E-state index in [-0.39, 0.29) is 11.5 Å². The van der Waals surface area contributed by atoms with Crippen LogP contribution in [-0.4, -0.2) is 39.5 Å². The van der Waals surface area contributed by atoms with Crippen LogP contribution in [0.25, 0.3) is 0 Å². The number of hydrogen-bond acceptors (Lipinski definition) is 6. The maximum absolute atomic E-state index is 11.2. The molecule has 0 saturated heterocycles. The number of anilines is 1. The standard InChI is InChI=1S/C16H18N4O3S2/c1-23-14-8-13(17-9-18-14)20-16(24)19-12(7-15(21)22)10-3-5-11(25-2)6-4-10/h3-6,8-9,12H,7H2,1-2H3,(H,21,22)(H2,17,18,19,20,24). The summed E-state index contributed by atoms with van der Waals surface area (Å²) in [4.78, 5) is 20.2. The minimum Gasteiger partial charge on any atom is -0.481 e. The van der Waals surface area contributed by atoms with Crippen LogP contribution in [0.15, 0.2) is 41.6 Å². The van der Waals surface area contributed by atoms with E-state index in [1.54, 1.807) is 17.8 Å². The Hall–Kier alpha value is -2.39. The highest BCUT2D eigenvalue weighted by molar-refractivity contribution is 7.98. The second-order valence-corrected chi connectivity index (χ2v) is 6.26. The van der Waals surface area contributed by atoms with E-state index >= 15 is 0 Å². The van der Waals surface area contributed by atoms with Crippen molar-refractivity contribution in [1.29, 1.82) is 0 Å². The van der Waals surface area contributed by atoms with E-state index in [9.17, 15) is 9.90 Å². The van der Waals surface area contributed by atoms with E-state index in [2.05, 4.69) is 20.6 Å². The molecular formula is C16H18N4O3S2. The second kappa shape index (κ2) is 9.19. The van der Waals surface area contributed by atoms with Crippen LogP contribution in [0, 0.1) is 0 Å². The highest BCUT2D eigenvalue weighted by Gasteiger charge is 2.17. The predicted octanol–water partition coefficient (Wildman–Crippen LogP) is 2.71. The van der Waals surface area contributed by atoms with Crippen molar-refractivity contribution in [3.8, 4) is 5.88 Å². The van der Waals surface area contributed by atoms with E-state index in [1.165, 1.54) is 13.4 Å². The number of carboxylic acids is 1. The van der Waals surface area contributed by atoms with Gasteiger partial charge in [-0.3, -0.25) is 4.79 Å². The summed E-state index contributed by atoms with van der Waals surface area (Å²) >= 11 is 6.89. The quantitative estimate of drug-likeness (QED) is 0.496. The first-order valence-electron chi connectivity index (χ1n) is 7.31. The Morgan fingerprint density at radius 3 is 2.68 bits per heavy atom. The number of ether oxygens (including phenoxy) is 1. The average molecular weight is 378 g/mol. The number of carbonyl (C=O) groups is 1. The van der Waals surface area contributed by atoms with Gasteiger partial charge in [-0.25, -0.2) is 9.97 Å². The van der Waals surface area contributed by atoms with Gasteiger partial charge in [0.2, 0.25) is 5.88 Å². The zero-order valence-corrected chi connectivity index (χ0v) is 15.4. The SMILES string of the molecule is COc1cc(NC(=S)NC(CC(=O)O)c2ccc(SC)cc2)ncn1. The first-order valence-corrected chi connectivity index (χ1v) is 8.94. The zero-order valence-electron chi connectivity index (χ0n) is 13.7. The van der Waals surface area contributed by atoms with Gasteiger partial charge in [-0.1, -0.05) is 12.1 Å². The van der Waals surface area contributed by atoms with Gasteiger partial charge in [-0.15, -0.1) is 11.8 Å². The Kier molecular flexibility index (Phi) is 6.96. The Morgan fingerprint density at radius 1 is 1.36 bits per heavy atom. The number of hydrogen-bond donors (Lipinski definition) is 3. The lowest BCUT2D eigenvalue weighted by atomic mass is 10.0. The summed E-state index contributed by atoms with van der Waals surface area (Å²) in [5.41, 5.74) is 0.838. The molecule has 0 bridgehead atoms. The van der Waals surface area contributed by atoms with Crippen LogP contribution in [-0.2, 0) is 4.79 Å². The van der Waals surface area contributed by atoms with Gasteiger partial charge in [0.1, 0.15) is 12.1 Å². The van der Waals surface area contributed by atoms with Gasteiger partial charge in [0, 0.05) is 11.0 Å². The first-order chi connectivity index (χ1) is 12.0. The lowest BCUT2D eigenvalue weighted by Gasteiger charge is -2.20. The minimum atomic E-state index is -0.919. The molecule has 2 rings (SSSR count). The molecule has 0 spiro atoms. The molecule has 0 fully saturated rings. The number of methoxy groups -OCH3 is 1. The molecular weight excluding hydrogens is 360 g/mol. The third-order valence-corrected chi connectivity index (χ3v) is 4.26. The molecule has 3 N–H and O–H groups in total. The van der Waals surface area contributed by atoms with E-state index in [0.29, 0.717) is 11.7 Å². The van der Waals surface area contributed by atoms with Gasteiger partial charge in [0.05, 0.1) is 19.6 Å². The number of aromatic nitrogens is 2. The molecule has 0 amide bonds. The number of benzene rings is 1. The summed E-state index contributed by atoms with van der Waals surface area (Å²) in [6.45, 7) is 0. The predicted molar refractivity (Wildman–Crippen MR) is 101 cm³/mol. The number of aliphatic carboxylic acids is 1. The number of nitrogens with zero attached hydrogens (tertiary/aromatic N) is 2. The third kappa shape index (κ3) is 5.87. The summed E-state index contributed by atoms with van der Waals surface area (Å²) in [5, 5.41) is 15.4. The van der Waals surface area contributed by atoms with E-state index in [4.69, 9.17) is 17.0 Å². The Bertz CT molecular complexity index is 740. The summed E-state index contributed by atoms with van der Waals surface area (Å²) in [6, 6.07) is 8.81. The van der Waals surface area contributed by atoms with Crippen molar-refractivity contribution in [2.75, 3.05) is 18.7 Å². The maximum Gasteiger partial charge on any atom is 0.305 e. The zero-order chi connectivity index (χ0) is 18.2. The monoisotopic (exact) mass is 378 g/mol. The van der Waals surface area contributed by atoms with Crippen LogP contribution < -0.4 is 15.4 Å². The molecule has 1 unspecified atom stereocenters. The first kappa shape index (κ1) is 18.9. The number of rotatable bonds is 7. The van der Waals surface area contributed by atoms with E-state index in [1.807, 2.05) is 30.5 Å². The van der Waals surface area contributed by atoms with Crippen molar-refractivity contribution < 1.29 is 14.6 Å². The third-order valence-electron chi connectivity index (χ3n) is 3.29. The van der Waals surface area contributed by atoms with Crippen LogP contribution in [0.1, 0.15) is 18.0 Å². The topological polar surface area (TPSA) is 96.4 Å². The molecule has 132 valence electrons. The molecule has 0 radical (unpaired) electrons. The largest absolute Gasteiger partial charge is 0.481 e. The molecule has 0 aliphatic heterocycles. The molecule has 1 atom stereocenters. The number of nitrogens with one attached hydrogen (secondary N) is 2. The van der Waals surface area contributed by atoms with Crippen LogP contribution >= 0.6 is 24.0 Å². The molecule has 7 nitrogen and oxygen atoms in total. The number of thiocarbonyl (C=S) groups is 1. The van der Waals surface area contributed by atoms with E-state index < -0.39 is 12.0 Å². The van der Waals surface area contributed by atoms with Gasteiger partial charge in [0.15, 0.2) is 5.11 Å². The highest BCUT2D eigenvalue weighted by Crippen LogP contribution is 2.21. The Labute approximate surface area is 155 Å². The molecule has 9 heteroatoms. The summed E-state index contributed by atoms with van der Waals surface area (Å²) < 4.78 is 5.03. The summed E-state index contributed by atoms with van der Waals surface area (Å²) in [6.07, 6.45) is 3.23. The van der Waals surface area contributed by atoms with Crippen molar-refractivity contribution in [3.05, 3.63) is 42.2 Å². The van der Waals surface area contributed by atoms with Gasteiger partial charge in [-0.2, -0.15) is 0 Å². The molecule has 25 heavy (non-hydrogen) atoms. The number of carboxylic acid groups (broad SMARTS) is 1. The average Bonchev–Trinajstić information content (AvgIpc) is 2.61. The number of thioether (sulfide) groups is 1. The van der Waals surface area contributed by atoms with Crippen molar-refractivity contribution in [1.82, 2.24) is 15.3 Å². The summed E-state index contributed by atoms with van der Waals surface area (Å²) in [5.74, 6) is -0.0656. The molecule has 1 aromatic carbocycles. The van der Waals surface area contributed by atoms with Crippen LogP contribution in [0.4, 0.5) is 5.82 Å². The molecule has 1 heterocycles. The van der Waals surface area contributed by atoms with Crippen molar-refractivity contribution in [3.63, 3.8) is 0 Å². The van der Waals surface area contributed by atoms with Crippen molar-refractivity contribution >= 4 is 40.9 Å². The second-order valence-electron chi connectivity index (χ2n) is 4.97. The van der Waals surface area contributed by atoms with Gasteiger partial charge >= 0.3 is 5.97 Å². The fourth-order valence-corrected chi connectivity index (χ4v) is 2.75. The fourth-order valence-electron chi connectivity index (χ4n) is 2.09. The van der Waals surface area contributed by atoms with Crippen LogP contribution in [0.2, 0.25) is 0 Å². The van der Waals surface area contributed by atoms with Gasteiger partial charge < -0.3 is 20.5 Å². The smallest absolute Gasteiger partial charge is 0.305 e. The maximum atomic E-state index is 11.2.